The normalized spacial score (nSPS) is 4.90. The minimum Gasteiger partial charge on any atom is -0.460 e. The lowest BCUT2D eigenvalue weighted by atomic mass is 10.4. The van der Waals surface area contributed by atoms with Crippen LogP contribution in [0.3, 0.4) is 0 Å². The van der Waals surface area contributed by atoms with Gasteiger partial charge in [-0.3, -0.25) is 0 Å². The summed E-state index contributed by atoms with van der Waals surface area (Å²) in [5.41, 5.74) is 0.350. The van der Waals surface area contributed by atoms with Gasteiger partial charge in [-0.05, 0) is 145 Å². The van der Waals surface area contributed by atoms with Gasteiger partial charge in [0.2, 0.25) is 0 Å². The Kier molecular flexibility index (Phi) is 869. The lowest BCUT2D eigenvalue weighted by Crippen LogP contribution is -2.08. The van der Waals surface area contributed by atoms with Gasteiger partial charge in [0.15, 0.2) is 0 Å². The third-order valence-corrected chi connectivity index (χ3v) is 0.673. The topological polar surface area (TPSA) is 46.5 Å². The first-order valence-electron chi connectivity index (χ1n) is 22.3. The first-order valence-corrected chi connectivity index (χ1v) is 22.3. The van der Waals surface area contributed by atoms with Crippen molar-refractivity contribution >= 4 is 5.97 Å². The summed E-state index contributed by atoms with van der Waals surface area (Å²) in [5, 5.41) is 8.19. The van der Waals surface area contributed by atoms with E-state index >= 15 is 0 Å². The molecule has 0 aromatic rings. The molecule has 3 nitrogen and oxygen atoms in total. The highest BCUT2D eigenvalue weighted by atomic mass is 16.5. The predicted molar refractivity (Wildman–Crippen MR) is 350 cm³/mol. The van der Waals surface area contributed by atoms with Gasteiger partial charge in [-0.1, -0.05) is 128 Å². The van der Waals surface area contributed by atoms with Crippen molar-refractivity contribution < 1.29 is 14.6 Å². The zero-order valence-corrected chi connectivity index (χ0v) is 51.1. The number of carbonyl (C=O) groups is 1. The Morgan fingerprint density at radius 3 is 0.406 bits per heavy atom. The van der Waals surface area contributed by atoms with Gasteiger partial charge in [-0.2, -0.15) is 0 Å². The number of aliphatic hydroxyl groups excluding tert-OH is 1. The van der Waals surface area contributed by atoms with Gasteiger partial charge < -0.3 is 9.84 Å². The smallest absolute Gasteiger partial charge is 0.333 e. The molecule has 0 saturated carbocycles. The van der Waals surface area contributed by atoms with Crippen LogP contribution in [0.1, 0.15) is 145 Å². The molecule has 412 valence electrons. The molecule has 0 radical (unpaired) electrons. The van der Waals surface area contributed by atoms with Crippen LogP contribution in [-0.4, -0.2) is 24.3 Å². The van der Waals surface area contributed by atoms with E-state index in [0.717, 1.165) is 0 Å². The number of hydrogen-bond donors (Lipinski definition) is 1. The van der Waals surface area contributed by atoms with Crippen molar-refractivity contribution in [3.05, 3.63) is 265 Å². The lowest BCUT2D eigenvalue weighted by Gasteiger charge is -1.99. The van der Waals surface area contributed by atoms with Gasteiger partial charge in [0.25, 0.3) is 0 Å². The van der Waals surface area contributed by atoms with Crippen molar-refractivity contribution in [1.82, 2.24) is 0 Å². The van der Waals surface area contributed by atoms with Crippen LogP contribution in [0.5, 0.6) is 0 Å². The fraction of sp³-hybridized carbons (Fsp3) is 0.348. The molecule has 0 rings (SSSR count). The molecule has 0 aromatic carbocycles. The van der Waals surface area contributed by atoms with E-state index in [1.54, 1.807) is 128 Å². The Labute approximate surface area is 442 Å². The van der Waals surface area contributed by atoms with Gasteiger partial charge in [0.05, 0.1) is 6.61 Å². The third kappa shape index (κ3) is 57400. The second-order valence-corrected chi connectivity index (χ2v) is 9.80. The van der Waals surface area contributed by atoms with Crippen molar-refractivity contribution in [2.75, 3.05) is 13.2 Å². The Hall–Kier alpha value is -6.03. The summed E-state index contributed by atoms with van der Waals surface area (Å²) in [4.78, 5) is 10.5. The fourth-order valence-electron chi connectivity index (χ4n) is 0.262. The standard InChI is InChI=1S/C6H10O3.20C3H6/c1-5(2)6(8)9-4-3-7;20*1-3-2/h7H,1,3-4H2,2H3;20*3H,1H2,2H3. The SMILES string of the molecule is C=C(C)C(=O)OCCO.C=CC.C=CC.C=CC.C=CC.C=CC.C=CC.C=CC.C=CC.C=CC.C=CC.C=CC.C=CC.C=CC.C=CC.C=CC.C=CC.C=CC.C=CC.C=CC.C=CC. The minimum absolute atomic E-state index is 0.0473. The van der Waals surface area contributed by atoms with Crippen LogP contribution in [0.25, 0.3) is 0 Å². The summed E-state index contributed by atoms with van der Waals surface area (Å²) in [6, 6.07) is 0. The van der Waals surface area contributed by atoms with Crippen LogP contribution in [0, 0.1) is 0 Å². The molecule has 0 aromatic heterocycles. The van der Waals surface area contributed by atoms with Gasteiger partial charge in [0.1, 0.15) is 6.61 Å². The maximum atomic E-state index is 10.5. The van der Waals surface area contributed by atoms with Crippen LogP contribution in [0.4, 0.5) is 0 Å². The first-order chi connectivity index (χ1) is 32.5. The Morgan fingerprint density at radius 2 is 0.362 bits per heavy atom. The van der Waals surface area contributed by atoms with Gasteiger partial charge in [-0.15, -0.1) is 132 Å². The monoisotopic (exact) mass is 971 g/mol. The molecule has 0 aliphatic rings. The molecule has 3 heteroatoms. The molecule has 69 heavy (non-hydrogen) atoms. The second kappa shape index (κ2) is 437. The van der Waals surface area contributed by atoms with E-state index in [2.05, 4.69) is 143 Å². The number of esters is 1. The summed E-state index contributed by atoms with van der Waals surface area (Å²) in [7, 11) is 0. The van der Waals surface area contributed by atoms with E-state index in [0.29, 0.717) is 5.57 Å². The van der Waals surface area contributed by atoms with E-state index in [4.69, 9.17) is 5.11 Å². The van der Waals surface area contributed by atoms with Crippen molar-refractivity contribution in [2.45, 2.75) is 145 Å². The number of allylic oxidation sites excluding steroid dienone is 20. The maximum absolute atomic E-state index is 10.5. The zero-order valence-electron chi connectivity index (χ0n) is 51.1. The molecule has 0 unspecified atom stereocenters. The molecule has 0 spiro atoms. The van der Waals surface area contributed by atoms with Crippen molar-refractivity contribution in [3.63, 3.8) is 0 Å². The first kappa shape index (κ1) is 137. The molecule has 1 N–H and O–H groups in total. The quantitative estimate of drug-likeness (QED) is 0.174. The maximum Gasteiger partial charge on any atom is 0.333 e. The molecule has 0 atom stereocenters. The van der Waals surface area contributed by atoms with E-state index in [1.807, 2.05) is 138 Å². The predicted octanol–water partition coefficient (Wildman–Crippen LogP) is 23.9. The van der Waals surface area contributed by atoms with Crippen molar-refractivity contribution in [3.8, 4) is 0 Å². The van der Waals surface area contributed by atoms with Crippen molar-refractivity contribution in [2.24, 2.45) is 0 Å². The number of carbonyl (C=O) groups excluding carboxylic acids is 1. The second-order valence-electron chi connectivity index (χ2n) is 9.80. The highest BCUT2D eigenvalue weighted by molar-refractivity contribution is 5.86. The molecule has 0 aliphatic carbocycles. The summed E-state index contributed by atoms with van der Waals surface area (Å²) >= 11 is 0. The van der Waals surface area contributed by atoms with E-state index < -0.39 is 5.97 Å². The van der Waals surface area contributed by atoms with Crippen molar-refractivity contribution in [1.29, 1.82) is 0 Å². The average Bonchev–Trinajstić information content (AvgIpc) is 3.23. The Bertz CT molecular complexity index is 645. The van der Waals surface area contributed by atoms with E-state index in [1.165, 1.54) is 0 Å². The number of aliphatic hydroxyl groups is 1. The number of ether oxygens (including phenoxy) is 1. The van der Waals surface area contributed by atoms with Crippen LogP contribution >= 0.6 is 0 Å². The van der Waals surface area contributed by atoms with E-state index in [-0.39, 0.29) is 13.2 Å². The van der Waals surface area contributed by atoms with Crippen LogP contribution < -0.4 is 0 Å². The molecule has 0 heterocycles. The highest BCUT2D eigenvalue weighted by Crippen LogP contribution is 1.89. The van der Waals surface area contributed by atoms with Crippen LogP contribution in [-0.2, 0) is 9.53 Å². The Balaban J connectivity index is -0.0000000187. The molecule has 0 aliphatic heterocycles. The Morgan fingerprint density at radius 1 is 0.290 bits per heavy atom. The summed E-state index contributed by atoms with van der Waals surface area (Å²) in [5.74, 6) is -0.455. The van der Waals surface area contributed by atoms with E-state index in [9.17, 15) is 4.79 Å². The molecule has 0 fully saturated rings. The summed E-state index contributed by atoms with van der Waals surface area (Å²) in [6.07, 6.45) is 35.0. The number of rotatable bonds is 3. The van der Waals surface area contributed by atoms with Crippen LogP contribution in [0.2, 0.25) is 0 Å². The molecule has 0 saturated heterocycles. The van der Waals surface area contributed by atoms with Gasteiger partial charge >= 0.3 is 5.97 Å². The summed E-state index contributed by atoms with van der Waals surface area (Å²) in [6.45, 7) is 110. The molecule has 0 bridgehead atoms. The molecular formula is C66H130O3. The van der Waals surface area contributed by atoms with Gasteiger partial charge in [0, 0.05) is 5.57 Å². The molecular weight excluding hydrogens is 841 g/mol. The summed E-state index contributed by atoms with van der Waals surface area (Å²) < 4.78 is 4.46. The van der Waals surface area contributed by atoms with Gasteiger partial charge in [-0.25, -0.2) is 4.79 Å². The highest BCUT2D eigenvalue weighted by Gasteiger charge is 1.99. The average molecular weight is 972 g/mol. The minimum atomic E-state index is -0.455. The molecule has 0 amide bonds. The number of hydrogen-bond acceptors (Lipinski definition) is 3. The lowest BCUT2D eigenvalue weighted by molar-refractivity contribution is -0.139. The largest absolute Gasteiger partial charge is 0.460 e. The van der Waals surface area contributed by atoms with Crippen LogP contribution in [0.15, 0.2) is 265 Å². The zero-order chi connectivity index (χ0) is 61.4. The fourth-order valence-corrected chi connectivity index (χ4v) is 0.262. The third-order valence-electron chi connectivity index (χ3n) is 0.673.